The van der Waals surface area contributed by atoms with E-state index in [0.717, 1.165) is 13.1 Å². The highest BCUT2D eigenvalue weighted by Gasteiger charge is 2.26. The Hall–Kier alpha value is -1.11. The van der Waals surface area contributed by atoms with E-state index in [2.05, 4.69) is 4.31 Å². The zero-order chi connectivity index (χ0) is 13.8. The molecule has 1 fully saturated rings. The molecule has 1 aliphatic rings. The van der Waals surface area contributed by atoms with E-state index in [-0.39, 0.29) is 11.7 Å². The van der Waals surface area contributed by atoms with Crippen molar-refractivity contribution >= 4 is 17.9 Å². The van der Waals surface area contributed by atoms with E-state index in [4.69, 9.17) is 0 Å². The summed E-state index contributed by atoms with van der Waals surface area (Å²) in [7, 11) is 0. The highest BCUT2D eigenvalue weighted by Crippen LogP contribution is 2.18. The number of amides is 1. The van der Waals surface area contributed by atoms with Gasteiger partial charge >= 0.3 is 0 Å². The summed E-state index contributed by atoms with van der Waals surface area (Å²) < 4.78 is 15.0. The first-order valence-electron chi connectivity index (χ1n) is 6.13. The molecule has 6 heteroatoms. The predicted octanol–water partition coefficient (Wildman–Crippen LogP) is 1.28. The molecule has 0 spiro atoms. The van der Waals surface area contributed by atoms with Crippen LogP contribution in [0.2, 0.25) is 0 Å². The summed E-state index contributed by atoms with van der Waals surface area (Å²) in [5, 5.41) is 10.0. The number of nitrogens with zero attached hydrogens (tertiary/aromatic N) is 2. The number of aliphatic hydroxyl groups excluding tert-OH is 1. The summed E-state index contributed by atoms with van der Waals surface area (Å²) in [6.45, 7) is 2.81. The van der Waals surface area contributed by atoms with E-state index in [1.165, 1.54) is 24.3 Å². The predicted molar refractivity (Wildman–Crippen MR) is 73.0 cm³/mol. The first-order valence-corrected chi connectivity index (χ1v) is 7.31. The normalized spacial score (nSPS) is 18.4. The second-order valence-electron chi connectivity index (χ2n) is 4.39. The minimum absolute atomic E-state index is 0.313. The smallest absolute Gasteiger partial charge is 0.256 e. The lowest BCUT2D eigenvalue weighted by Gasteiger charge is -2.34. The molecule has 1 N–H and O–H groups in total. The second kappa shape index (κ2) is 6.36. The molecule has 0 saturated carbocycles. The van der Waals surface area contributed by atoms with Crippen LogP contribution in [0.1, 0.15) is 11.7 Å². The van der Waals surface area contributed by atoms with Crippen LogP contribution < -0.4 is 0 Å². The fraction of sp³-hybridized carbons (Fsp3) is 0.462. The van der Waals surface area contributed by atoms with Gasteiger partial charge in [0.1, 0.15) is 5.82 Å². The van der Waals surface area contributed by atoms with Crippen molar-refractivity contribution in [2.75, 3.05) is 32.4 Å². The Balaban J connectivity index is 1.98. The van der Waals surface area contributed by atoms with Gasteiger partial charge in [-0.2, -0.15) is 0 Å². The quantitative estimate of drug-likeness (QED) is 0.849. The van der Waals surface area contributed by atoms with Gasteiger partial charge in [0, 0.05) is 26.2 Å². The van der Waals surface area contributed by atoms with Gasteiger partial charge in [-0.25, -0.2) is 8.70 Å². The van der Waals surface area contributed by atoms with Crippen LogP contribution in [0.5, 0.6) is 0 Å². The molecule has 0 radical (unpaired) electrons. The molecule has 4 nitrogen and oxygen atoms in total. The molecule has 1 unspecified atom stereocenters. The van der Waals surface area contributed by atoms with Crippen molar-refractivity contribution in [2.45, 2.75) is 6.10 Å². The molecule has 1 amide bonds. The SMILES string of the molecule is CSN1CCN(C(=O)C(O)c2ccc(F)cc2)CC1. The average molecular weight is 284 g/mol. The minimum Gasteiger partial charge on any atom is -0.378 e. The van der Waals surface area contributed by atoms with Crippen LogP contribution in [0.15, 0.2) is 24.3 Å². The van der Waals surface area contributed by atoms with Crippen LogP contribution in [0.25, 0.3) is 0 Å². The van der Waals surface area contributed by atoms with Crippen molar-refractivity contribution in [2.24, 2.45) is 0 Å². The van der Waals surface area contributed by atoms with Gasteiger partial charge in [-0.1, -0.05) is 24.1 Å². The number of piperazine rings is 1. The fourth-order valence-electron chi connectivity index (χ4n) is 2.05. The van der Waals surface area contributed by atoms with Crippen molar-refractivity contribution in [3.63, 3.8) is 0 Å². The van der Waals surface area contributed by atoms with Crippen LogP contribution in [0.3, 0.4) is 0 Å². The van der Waals surface area contributed by atoms with Gasteiger partial charge in [-0.15, -0.1) is 0 Å². The third kappa shape index (κ3) is 3.46. The number of carbonyl (C=O) groups is 1. The molecule has 1 aromatic rings. The average Bonchev–Trinajstić information content (AvgIpc) is 2.46. The highest BCUT2D eigenvalue weighted by molar-refractivity contribution is 7.96. The summed E-state index contributed by atoms with van der Waals surface area (Å²) in [5.41, 5.74) is 0.429. The fourth-order valence-corrected chi connectivity index (χ4v) is 2.58. The molecule has 0 aliphatic carbocycles. The van der Waals surface area contributed by atoms with Crippen LogP contribution >= 0.6 is 11.9 Å². The minimum atomic E-state index is -1.21. The maximum absolute atomic E-state index is 12.8. The van der Waals surface area contributed by atoms with Gasteiger partial charge in [0.2, 0.25) is 0 Å². The van der Waals surface area contributed by atoms with Gasteiger partial charge in [-0.05, 0) is 24.0 Å². The molecule has 2 rings (SSSR count). The van der Waals surface area contributed by atoms with Crippen molar-refractivity contribution in [1.82, 2.24) is 9.21 Å². The number of aliphatic hydroxyl groups is 1. The lowest BCUT2D eigenvalue weighted by molar-refractivity contribution is -0.141. The van der Waals surface area contributed by atoms with Gasteiger partial charge in [-0.3, -0.25) is 4.79 Å². The van der Waals surface area contributed by atoms with E-state index >= 15 is 0 Å². The Labute approximate surface area is 116 Å². The summed E-state index contributed by atoms with van der Waals surface area (Å²) in [5.74, 6) is -0.690. The number of halogens is 1. The summed E-state index contributed by atoms with van der Waals surface area (Å²) >= 11 is 1.66. The van der Waals surface area contributed by atoms with Crippen LogP contribution in [-0.2, 0) is 4.79 Å². The van der Waals surface area contributed by atoms with Crippen LogP contribution in [-0.4, -0.2) is 52.7 Å². The van der Waals surface area contributed by atoms with Gasteiger partial charge in [0.05, 0.1) is 0 Å². The molecule has 104 valence electrons. The third-order valence-electron chi connectivity index (χ3n) is 3.23. The number of hydrogen-bond donors (Lipinski definition) is 1. The number of benzene rings is 1. The number of carbonyl (C=O) groups excluding carboxylic acids is 1. The summed E-state index contributed by atoms with van der Waals surface area (Å²) in [4.78, 5) is 13.8. The number of rotatable bonds is 3. The largest absolute Gasteiger partial charge is 0.378 e. The van der Waals surface area contributed by atoms with Gasteiger partial charge in [0.25, 0.3) is 5.91 Å². The van der Waals surface area contributed by atoms with Crippen LogP contribution in [0, 0.1) is 5.82 Å². The first kappa shape index (κ1) is 14.3. The van der Waals surface area contributed by atoms with E-state index in [0.29, 0.717) is 18.7 Å². The summed E-state index contributed by atoms with van der Waals surface area (Å²) in [6, 6.07) is 5.38. The zero-order valence-corrected chi connectivity index (χ0v) is 11.6. The highest BCUT2D eigenvalue weighted by atomic mass is 32.2. The molecule has 1 aromatic carbocycles. The second-order valence-corrected chi connectivity index (χ2v) is 5.27. The maximum atomic E-state index is 12.8. The Morgan fingerprint density at radius 3 is 2.37 bits per heavy atom. The molecular formula is C13H17FN2O2S. The molecule has 0 bridgehead atoms. The maximum Gasteiger partial charge on any atom is 0.256 e. The monoisotopic (exact) mass is 284 g/mol. The zero-order valence-electron chi connectivity index (χ0n) is 10.8. The molecule has 19 heavy (non-hydrogen) atoms. The number of hydrogen-bond acceptors (Lipinski definition) is 4. The van der Waals surface area contributed by atoms with E-state index < -0.39 is 6.10 Å². The first-order chi connectivity index (χ1) is 9.11. The lowest BCUT2D eigenvalue weighted by atomic mass is 10.1. The topological polar surface area (TPSA) is 43.8 Å². The molecule has 1 saturated heterocycles. The van der Waals surface area contributed by atoms with Crippen molar-refractivity contribution < 1.29 is 14.3 Å². The molecule has 1 atom stereocenters. The van der Waals surface area contributed by atoms with Crippen molar-refractivity contribution in [1.29, 1.82) is 0 Å². The van der Waals surface area contributed by atoms with Gasteiger partial charge < -0.3 is 10.0 Å². The Morgan fingerprint density at radius 1 is 1.26 bits per heavy atom. The summed E-state index contributed by atoms with van der Waals surface area (Å²) in [6.07, 6.45) is 0.798. The van der Waals surface area contributed by atoms with E-state index in [1.807, 2.05) is 6.26 Å². The third-order valence-corrected chi connectivity index (χ3v) is 4.11. The Kier molecular flexibility index (Phi) is 4.79. The molecule has 1 heterocycles. The Morgan fingerprint density at radius 2 is 1.84 bits per heavy atom. The van der Waals surface area contributed by atoms with Crippen molar-refractivity contribution in [3.8, 4) is 0 Å². The van der Waals surface area contributed by atoms with Crippen LogP contribution in [0.4, 0.5) is 4.39 Å². The molecule has 0 aromatic heterocycles. The molecular weight excluding hydrogens is 267 g/mol. The van der Waals surface area contributed by atoms with E-state index in [9.17, 15) is 14.3 Å². The van der Waals surface area contributed by atoms with E-state index in [1.54, 1.807) is 16.8 Å². The standard InChI is InChI=1S/C13H17FN2O2S/c1-19-16-8-6-15(7-9-16)13(18)12(17)10-2-4-11(14)5-3-10/h2-5,12,17H,6-9H2,1H3. The lowest BCUT2D eigenvalue weighted by Crippen LogP contribution is -2.47. The molecule has 1 aliphatic heterocycles. The van der Waals surface area contributed by atoms with Crippen molar-refractivity contribution in [3.05, 3.63) is 35.6 Å². The Bertz CT molecular complexity index is 433. The van der Waals surface area contributed by atoms with Gasteiger partial charge in [0.15, 0.2) is 6.10 Å².